The highest BCUT2D eigenvalue weighted by atomic mass is 32.2. The van der Waals surface area contributed by atoms with Crippen molar-refractivity contribution >= 4 is 33.4 Å². The second kappa shape index (κ2) is 5.44. The van der Waals surface area contributed by atoms with Gasteiger partial charge in [-0.15, -0.1) is 23.1 Å². The van der Waals surface area contributed by atoms with E-state index in [1.54, 1.807) is 30.7 Å². The van der Waals surface area contributed by atoms with Gasteiger partial charge in [0.1, 0.15) is 27.3 Å². The molecule has 3 heterocycles. The summed E-state index contributed by atoms with van der Waals surface area (Å²) in [6.07, 6.45) is 5.83. The van der Waals surface area contributed by atoms with Gasteiger partial charge >= 0.3 is 0 Å². The van der Waals surface area contributed by atoms with Crippen LogP contribution >= 0.6 is 23.1 Å². The van der Waals surface area contributed by atoms with Crippen LogP contribution in [0.25, 0.3) is 21.7 Å². The highest BCUT2D eigenvalue weighted by molar-refractivity contribution is 7.98. The van der Waals surface area contributed by atoms with Gasteiger partial charge in [0.2, 0.25) is 5.88 Å². The van der Waals surface area contributed by atoms with Crippen molar-refractivity contribution in [3.05, 3.63) is 17.5 Å². The van der Waals surface area contributed by atoms with Crippen LogP contribution < -0.4 is 4.74 Å². The van der Waals surface area contributed by atoms with Gasteiger partial charge in [0.05, 0.1) is 18.3 Å². The van der Waals surface area contributed by atoms with E-state index in [2.05, 4.69) is 24.9 Å². The lowest BCUT2D eigenvalue weighted by atomic mass is 10.1. The number of aromatic nitrogens is 5. The van der Waals surface area contributed by atoms with Gasteiger partial charge in [-0.05, 0) is 19.1 Å². The highest BCUT2D eigenvalue weighted by Crippen LogP contribution is 2.45. The summed E-state index contributed by atoms with van der Waals surface area (Å²) in [5, 5.41) is 0.869. The van der Waals surface area contributed by atoms with Crippen LogP contribution in [0.4, 0.5) is 0 Å². The molecule has 0 aliphatic heterocycles. The van der Waals surface area contributed by atoms with Crippen LogP contribution in [0.5, 0.6) is 5.88 Å². The number of methoxy groups -OCH3 is 1. The quantitative estimate of drug-likeness (QED) is 0.537. The predicted octanol–water partition coefficient (Wildman–Crippen LogP) is 3.15. The highest BCUT2D eigenvalue weighted by Gasteiger charge is 2.31. The molecule has 1 fully saturated rings. The Balaban J connectivity index is 1.98. The van der Waals surface area contributed by atoms with Crippen LogP contribution in [0.3, 0.4) is 0 Å². The zero-order chi connectivity index (χ0) is 15.1. The molecule has 0 aromatic carbocycles. The van der Waals surface area contributed by atoms with Crippen molar-refractivity contribution in [2.24, 2.45) is 0 Å². The molecule has 0 N–H and O–H groups in total. The van der Waals surface area contributed by atoms with Gasteiger partial charge in [0.15, 0.2) is 5.82 Å². The van der Waals surface area contributed by atoms with Crippen LogP contribution in [0.1, 0.15) is 24.5 Å². The van der Waals surface area contributed by atoms with Gasteiger partial charge in [0.25, 0.3) is 0 Å². The minimum atomic E-state index is 0.463. The lowest BCUT2D eigenvalue weighted by Crippen LogP contribution is -2.02. The lowest BCUT2D eigenvalue weighted by Gasteiger charge is -2.11. The average Bonchev–Trinajstić information content (AvgIpc) is 3.30. The SMILES string of the molecule is COc1ncnc(C2CC2)c1-c1nc(SC)c2ncsc2n1. The number of hydrogen-bond donors (Lipinski definition) is 0. The van der Waals surface area contributed by atoms with Crippen LogP contribution in [-0.4, -0.2) is 38.3 Å². The van der Waals surface area contributed by atoms with Gasteiger partial charge < -0.3 is 4.74 Å². The number of rotatable bonds is 4. The average molecular weight is 331 g/mol. The molecule has 22 heavy (non-hydrogen) atoms. The maximum absolute atomic E-state index is 5.44. The lowest BCUT2D eigenvalue weighted by molar-refractivity contribution is 0.397. The fourth-order valence-corrected chi connectivity index (χ4v) is 3.65. The second-order valence-electron chi connectivity index (χ2n) is 4.98. The topological polar surface area (TPSA) is 73.7 Å². The van der Waals surface area contributed by atoms with Gasteiger partial charge in [-0.3, -0.25) is 0 Å². The standard InChI is InChI=1S/C14H13N5OS2/c1-20-12-8(9(7-3-4-7)15-5-16-12)11-18-13(21-2)10-14(19-11)22-6-17-10/h5-7H,3-4H2,1-2H3. The number of nitrogens with zero attached hydrogens (tertiary/aromatic N) is 5. The van der Waals surface area contributed by atoms with Crippen molar-refractivity contribution in [3.63, 3.8) is 0 Å². The normalized spacial score (nSPS) is 14.5. The third-order valence-corrected chi connectivity index (χ3v) is 4.97. The van der Waals surface area contributed by atoms with E-state index in [1.807, 2.05) is 6.26 Å². The number of hydrogen-bond acceptors (Lipinski definition) is 8. The monoisotopic (exact) mass is 331 g/mol. The Morgan fingerprint density at radius 3 is 2.82 bits per heavy atom. The van der Waals surface area contributed by atoms with Crippen LogP contribution in [0.15, 0.2) is 16.9 Å². The van der Waals surface area contributed by atoms with Gasteiger partial charge in [-0.2, -0.15) is 0 Å². The first kappa shape index (κ1) is 13.8. The molecule has 0 amide bonds. The van der Waals surface area contributed by atoms with Crippen molar-refractivity contribution < 1.29 is 4.74 Å². The summed E-state index contributed by atoms with van der Waals surface area (Å²) in [4.78, 5) is 23.3. The molecule has 0 saturated heterocycles. The number of thiazole rings is 1. The summed E-state index contributed by atoms with van der Waals surface area (Å²) in [5.74, 6) is 1.62. The minimum absolute atomic E-state index is 0.463. The Morgan fingerprint density at radius 2 is 2.09 bits per heavy atom. The molecule has 8 heteroatoms. The summed E-state index contributed by atoms with van der Waals surface area (Å²) in [7, 11) is 1.61. The molecule has 3 aromatic rings. The van der Waals surface area contributed by atoms with Gasteiger partial charge in [0, 0.05) is 5.92 Å². The van der Waals surface area contributed by atoms with Crippen molar-refractivity contribution in [1.82, 2.24) is 24.9 Å². The smallest absolute Gasteiger partial charge is 0.227 e. The Labute approximate surface area is 135 Å². The van der Waals surface area contributed by atoms with Gasteiger partial charge in [-0.1, -0.05) is 0 Å². The van der Waals surface area contributed by atoms with Crippen LogP contribution in [0.2, 0.25) is 0 Å². The van der Waals surface area contributed by atoms with E-state index in [4.69, 9.17) is 4.74 Å². The van der Waals surface area contributed by atoms with E-state index in [0.29, 0.717) is 17.6 Å². The predicted molar refractivity (Wildman–Crippen MR) is 86.5 cm³/mol. The third kappa shape index (κ3) is 2.22. The van der Waals surface area contributed by atoms with Crippen molar-refractivity contribution in [1.29, 1.82) is 0 Å². The van der Waals surface area contributed by atoms with Crippen molar-refractivity contribution in [3.8, 4) is 17.3 Å². The second-order valence-corrected chi connectivity index (χ2v) is 6.61. The molecule has 1 aliphatic carbocycles. The molecule has 4 rings (SSSR count). The fourth-order valence-electron chi connectivity index (χ4n) is 2.40. The third-order valence-electron chi connectivity index (χ3n) is 3.58. The van der Waals surface area contributed by atoms with E-state index in [0.717, 1.165) is 39.5 Å². The molecule has 1 aliphatic rings. The largest absolute Gasteiger partial charge is 0.480 e. The molecule has 0 bridgehead atoms. The molecule has 0 atom stereocenters. The minimum Gasteiger partial charge on any atom is -0.480 e. The summed E-state index contributed by atoms with van der Waals surface area (Å²) in [6, 6.07) is 0. The number of thioether (sulfide) groups is 1. The van der Waals surface area contributed by atoms with Gasteiger partial charge in [-0.25, -0.2) is 24.9 Å². The number of fused-ring (bicyclic) bond motifs is 1. The first-order valence-electron chi connectivity index (χ1n) is 6.86. The van der Waals surface area contributed by atoms with E-state index in [9.17, 15) is 0 Å². The molecule has 3 aromatic heterocycles. The molecular weight excluding hydrogens is 318 g/mol. The zero-order valence-electron chi connectivity index (χ0n) is 12.1. The van der Waals surface area contributed by atoms with E-state index < -0.39 is 0 Å². The molecule has 0 spiro atoms. The van der Waals surface area contributed by atoms with Crippen LogP contribution in [0, 0.1) is 0 Å². The van der Waals surface area contributed by atoms with Crippen molar-refractivity contribution in [2.45, 2.75) is 23.8 Å². The Kier molecular flexibility index (Phi) is 3.42. The molecule has 0 unspecified atom stereocenters. The maximum Gasteiger partial charge on any atom is 0.227 e. The van der Waals surface area contributed by atoms with Crippen LogP contribution in [-0.2, 0) is 0 Å². The Bertz CT molecular complexity index is 846. The zero-order valence-corrected chi connectivity index (χ0v) is 13.7. The first-order chi connectivity index (χ1) is 10.8. The van der Waals surface area contributed by atoms with Crippen molar-refractivity contribution in [2.75, 3.05) is 13.4 Å². The molecule has 1 saturated carbocycles. The fraction of sp³-hybridized carbons (Fsp3) is 0.357. The Morgan fingerprint density at radius 1 is 1.23 bits per heavy atom. The molecule has 6 nitrogen and oxygen atoms in total. The summed E-state index contributed by atoms with van der Waals surface area (Å²) in [5.41, 5.74) is 4.45. The Hall–Kier alpha value is -1.80. The summed E-state index contributed by atoms with van der Waals surface area (Å²) >= 11 is 3.08. The van der Waals surface area contributed by atoms with E-state index >= 15 is 0 Å². The van der Waals surface area contributed by atoms with E-state index in [1.165, 1.54) is 11.3 Å². The first-order valence-corrected chi connectivity index (χ1v) is 8.96. The van der Waals surface area contributed by atoms with E-state index in [-0.39, 0.29) is 0 Å². The molecule has 0 radical (unpaired) electrons. The number of ether oxygens (including phenoxy) is 1. The summed E-state index contributed by atoms with van der Waals surface area (Å²) < 4.78 is 5.44. The summed E-state index contributed by atoms with van der Waals surface area (Å²) in [6.45, 7) is 0. The molecule has 112 valence electrons. The maximum atomic E-state index is 5.44. The molecular formula is C14H13N5OS2.